The summed E-state index contributed by atoms with van der Waals surface area (Å²) >= 11 is 0. The van der Waals surface area contributed by atoms with Crippen LogP contribution in [0.25, 0.3) is 0 Å². The largest absolute Gasteiger partial charge is 0.358 e. The molecule has 0 unspecified atom stereocenters. The van der Waals surface area contributed by atoms with Crippen molar-refractivity contribution >= 4 is 16.3 Å². The van der Waals surface area contributed by atoms with Gasteiger partial charge in [0.25, 0.3) is 0 Å². The molecule has 0 aliphatic carbocycles. The van der Waals surface area contributed by atoms with Gasteiger partial charge in [0, 0.05) is 0 Å². The van der Waals surface area contributed by atoms with Crippen LogP contribution >= 0.6 is 16.3 Å². The third-order valence-electron chi connectivity index (χ3n) is 0.782. The fraction of sp³-hybridized carbons (Fsp3) is 1.00. The highest BCUT2D eigenvalue weighted by Crippen LogP contribution is 2.34. The van der Waals surface area contributed by atoms with E-state index in [9.17, 15) is 9.13 Å². The molecule has 0 saturated carbocycles. The van der Waals surface area contributed by atoms with Gasteiger partial charge in [-0.1, -0.05) is 0 Å². The van der Waals surface area contributed by atoms with Crippen LogP contribution in [-0.4, -0.2) is 34.8 Å². The third kappa shape index (κ3) is 8.23. The van der Waals surface area contributed by atoms with E-state index in [4.69, 9.17) is 9.79 Å². The second-order valence-corrected chi connectivity index (χ2v) is 3.97. The number of hydrogen-bond donors (Lipinski definition) is 2. The van der Waals surface area contributed by atoms with Crippen LogP contribution in [0.2, 0.25) is 0 Å². The van der Waals surface area contributed by atoms with E-state index in [1.54, 1.807) is 0 Å². The topological polar surface area (TPSA) is 96.3 Å². The van der Waals surface area contributed by atoms with E-state index >= 15 is 0 Å². The lowest BCUT2D eigenvalue weighted by Gasteiger charge is -2.14. The van der Waals surface area contributed by atoms with Gasteiger partial charge in [-0.3, -0.25) is 9.46 Å². The summed E-state index contributed by atoms with van der Waals surface area (Å²) in [5.41, 5.74) is 0. The van der Waals surface area contributed by atoms with Gasteiger partial charge in [0.05, 0.1) is 0 Å². The molecule has 7 nitrogen and oxygen atoms in total. The van der Waals surface area contributed by atoms with Crippen LogP contribution in [0.1, 0.15) is 0 Å². The Labute approximate surface area is 70.6 Å². The highest BCUT2D eigenvalue weighted by molar-refractivity contribution is 7.51. The summed E-state index contributed by atoms with van der Waals surface area (Å²) in [6.07, 6.45) is -0.438. The first-order valence-electron chi connectivity index (χ1n) is 2.80. The van der Waals surface area contributed by atoms with Crippen molar-refractivity contribution in [2.24, 2.45) is 0 Å². The maximum Gasteiger partial charge on any atom is 0.358 e. The van der Waals surface area contributed by atoms with Crippen LogP contribution in [0.5, 0.6) is 0 Å². The molecule has 72 valence electrons. The van der Waals surface area contributed by atoms with Crippen LogP contribution in [0.4, 0.5) is 0 Å². The predicted molar refractivity (Wildman–Crippen MR) is 39.3 cm³/mol. The summed E-state index contributed by atoms with van der Waals surface area (Å²) in [6.45, 7) is -0.166. The molecule has 2 N–H and O–H groups in total. The maximum atomic E-state index is 10.4. The highest BCUT2D eigenvalue weighted by Gasteiger charge is 2.16. The average Bonchev–Trinajstić information content (AvgIpc) is 1.84. The normalized spacial score (nSPS) is 12.7. The zero-order chi connectivity index (χ0) is 9.61. The van der Waals surface area contributed by atoms with E-state index in [0.717, 1.165) is 0 Å². The molecule has 0 saturated heterocycles. The quantitative estimate of drug-likeness (QED) is 0.215. The summed E-state index contributed by atoms with van der Waals surface area (Å²) in [6, 6.07) is 0. The molecule has 0 radical (unpaired) electrons. The van der Waals surface area contributed by atoms with Crippen molar-refractivity contribution in [1.82, 2.24) is 4.90 Å². The van der Waals surface area contributed by atoms with Crippen molar-refractivity contribution in [3.05, 3.63) is 0 Å². The molecule has 0 rings (SSSR count). The van der Waals surface area contributed by atoms with Crippen LogP contribution < -0.4 is 0 Å². The molecule has 0 atom stereocenters. The van der Waals surface area contributed by atoms with E-state index in [1.165, 1.54) is 11.9 Å². The molecule has 0 amide bonds. The second-order valence-electron chi connectivity index (χ2n) is 2.06. The van der Waals surface area contributed by atoms with Gasteiger partial charge in [0.2, 0.25) is 0 Å². The van der Waals surface area contributed by atoms with Crippen molar-refractivity contribution in [2.45, 2.75) is 0 Å². The number of rotatable bonds is 6. The molecule has 0 heterocycles. The molecular weight excluding hydrogens is 208 g/mol. The van der Waals surface area contributed by atoms with Gasteiger partial charge >= 0.3 is 16.3 Å². The molecule has 0 fully saturated rings. The first kappa shape index (κ1) is 12.1. The summed E-state index contributed by atoms with van der Waals surface area (Å²) in [5, 5.41) is 0. The Kier molecular flexibility index (Phi) is 5.78. The SMILES string of the molecule is CN(COOP=O)CP(=O)(O)O. The fourth-order valence-corrected chi connectivity index (χ4v) is 1.29. The van der Waals surface area contributed by atoms with E-state index in [0.29, 0.717) is 0 Å². The van der Waals surface area contributed by atoms with Crippen molar-refractivity contribution < 1.29 is 28.5 Å². The Morgan fingerprint density at radius 2 is 2.17 bits per heavy atom. The Hall–Kier alpha value is 0.130. The van der Waals surface area contributed by atoms with Crippen molar-refractivity contribution in [3.8, 4) is 0 Å². The van der Waals surface area contributed by atoms with Crippen LogP contribution in [0.3, 0.4) is 0 Å². The van der Waals surface area contributed by atoms with Gasteiger partial charge in [0.1, 0.15) is 13.0 Å². The summed E-state index contributed by atoms with van der Waals surface area (Å²) in [4.78, 5) is 22.3. The Bertz CT molecular complexity index is 180. The zero-order valence-corrected chi connectivity index (χ0v) is 8.07. The Morgan fingerprint density at radius 1 is 1.58 bits per heavy atom. The van der Waals surface area contributed by atoms with Gasteiger partial charge in [-0.05, 0) is 7.05 Å². The van der Waals surface area contributed by atoms with Crippen LogP contribution in [-0.2, 0) is 18.7 Å². The first-order valence-corrected chi connectivity index (χ1v) is 5.33. The minimum absolute atomic E-state index is 0.166. The molecule has 12 heavy (non-hydrogen) atoms. The van der Waals surface area contributed by atoms with E-state index in [-0.39, 0.29) is 6.73 Å². The van der Waals surface area contributed by atoms with E-state index in [2.05, 4.69) is 9.56 Å². The Morgan fingerprint density at radius 3 is 2.58 bits per heavy atom. The molecule has 0 aliphatic rings. The van der Waals surface area contributed by atoms with Crippen molar-refractivity contribution in [3.63, 3.8) is 0 Å². The van der Waals surface area contributed by atoms with Gasteiger partial charge in [-0.25, -0.2) is 9.45 Å². The van der Waals surface area contributed by atoms with E-state index < -0.39 is 22.6 Å². The third-order valence-corrected chi connectivity index (χ3v) is 1.80. The molecular formula is C3H9NO6P2. The smallest absolute Gasteiger partial charge is 0.324 e. The fourth-order valence-electron chi connectivity index (χ4n) is 0.490. The molecule has 0 aromatic rings. The lowest BCUT2D eigenvalue weighted by atomic mass is 10.9. The molecule has 9 heteroatoms. The van der Waals surface area contributed by atoms with Crippen LogP contribution in [0.15, 0.2) is 0 Å². The maximum absolute atomic E-state index is 10.4. The van der Waals surface area contributed by atoms with Crippen LogP contribution in [0, 0.1) is 0 Å². The Balaban J connectivity index is 3.53. The van der Waals surface area contributed by atoms with Gasteiger partial charge in [-0.2, -0.15) is 0 Å². The molecule has 0 aromatic carbocycles. The first-order chi connectivity index (χ1) is 5.45. The van der Waals surface area contributed by atoms with Crippen molar-refractivity contribution in [2.75, 3.05) is 20.1 Å². The van der Waals surface area contributed by atoms with Gasteiger partial charge in [0.15, 0.2) is 0 Å². The minimum atomic E-state index is -4.06. The lowest BCUT2D eigenvalue weighted by Crippen LogP contribution is -2.22. The second kappa shape index (κ2) is 5.72. The minimum Gasteiger partial charge on any atom is -0.324 e. The lowest BCUT2D eigenvalue weighted by molar-refractivity contribution is -0.224. The standard InChI is InChI=1S/C3H9NO6P2/c1-4(2-9-10-11-5)3-12(6,7)8/h2-3H2,1H3,(H2,6,7,8). The predicted octanol–water partition coefficient (Wildman–Crippen LogP) is 0.166. The summed E-state index contributed by atoms with van der Waals surface area (Å²) in [7, 11) is -3.28. The number of nitrogens with zero attached hydrogens (tertiary/aromatic N) is 1. The van der Waals surface area contributed by atoms with Crippen molar-refractivity contribution in [1.29, 1.82) is 0 Å². The number of hydrogen-bond acceptors (Lipinski definition) is 5. The average molecular weight is 217 g/mol. The molecule has 0 aliphatic heterocycles. The molecule has 0 bridgehead atoms. The summed E-state index contributed by atoms with van der Waals surface area (Å²) < 4.78 is 24.0. The van der Waals surface area contributed by atoms with Gasteiger partial charge in [-0.15, -0.1) is 4.67 Å². The zero-order valence-electron chi connectivity index (χ0n) is 6.28. The molecule has 0 aromatic heterocycles. The highest BCUT2D eigenvalue weighted by atomic mass is 31.2. The van der Waals surface area contributed by atoms with Gasteiger partial charge < -0.3 is 9.79 Å². The summed E-state index contributed by atoms with van der Waals surface area (Å²) in [5.74, 6) is 0. The van der Waals surface area contributed by atoms with E-state index in [1.807, 2.05) is 0 Å². The molecule has 0 spiro atoms. The monoisotopic (exact) mass is 217 g/mol.